The predicted molar refractivity (Wildman–Crippen MR) is 97.6 cm³/mol. The summed E-state index contributed by atoms with van der Waals surface area (Å²) in [5, 5.41) is 9.66. The molecule has 0 bridgehead atoms. The van der Waals surface area contributed by atoms with Crippen LogP contribution in [0, 0.1) is 0 Å². The Bertz CT molecular complexity index is 856. The highest BCUT2D eigenvalue weighted by molar-refractivity contribution is 5.51. The lowest BCUT2D eigenvalue weighted by Gasteiger charge is -2.34. The molecular weight excluding hydrogens is 312 g/mol. The van der Waals surface area contributed by atoms with E-state index in [-0.39, 0.29) is 17.6 Å². The Morgan fingerprint density at radius 3 is 2.40 bits per heavy atom. The van der Waals surface area contributed by atoms with Crippen LogP contribution in [0.3, 0.4) is 0 Å². The number of methoxy groups -OCH3 is 1. The summed E-state index contributed by atoms with van der Waals surface area (Å²) in [6.07, 6.45) is 0. The van der Waals surface area contributed by atoms with E-state index in [1.165, 1.54) is 11.1 Å². The minimum absolute atomic E-state index is 0.164. The van der Waals surface area contributed by atoms with Crippen molar-refractivity contribution in [3.8, 4) is 17.2 Å². The number of fused-ring (bicyclic) bond motifs is 1. The third kappa shape index (κ3) is 2.93. The summed E-state index contributed by atoms with van der Waals surface area (Å²) >= 11 is 0. The van der Waals surface area contributed by atoms with Crippen molar-refractivity contribution in [3.63, 3.8) is 0 Å². The first-order valence-electron chi connectivity index (χ1n) is 8.41. The van der Waals surface area contributed by atoms with E-state index >= 15 is 0 Å². The minimum atomic E-state index is 0.164. The summed E-state index contributed by atoms with van der Waals surface area (Å²) in [7, 11) is 1.66. The van der Waals surface area contributed by atoms with Gasteiger partial charge in [0, 0.05) is 23.5 Å². The lowest BCUT2D eigenvalue weighted by molar-refractivity contribution is 0.247. The molecule has 0 fully saturated rings. The second-order valence-electron chi connectivity index (χ2n) is 6.30. The maximum atomic E-state index is 9.66. The molecule has 25 heavy (non-hydrogen) atoms. The van der Waals surface area contributed by atoms with Crippen LogP contribution in [0.15, 0.2) is 72.8 Å². The van der Waals surface area contributed by atoms with Crippen molar-refractivity contribution in [2.24, 2.45) is 0 Å². The van der Waals surface area contributed by atoms with E-state index < -0.39 is 0 Å². The van der Waals surface area contributed by atoms with E-state index in [0.29, 0.717) is 6.61 Å². The fourth-order valence-electron chi connectivity index (χ4n) is 3.60. The standard InChI is InChI=1S/C22H20O3/c1-24-18-11-12-19-21(13-18)25-14-20(15-5-3-2-4-6-15)22(19)16-7-9-17(23)10-8-16/h2-13,20,22-23H,14H2,1H3/t20-,22-/m0/s1. The summed E-state index contributed by atoms with van der Waals surface area (Å²) in [6, 6.07) is 23.9. The maximum absolute atomic E-state index is 9.66. The molecule has 3 nitrogen and oxygen atoms in total. The zero-order chi connectivity index (χ0) is 17.2. The Kier molecular flexibility index (Phi) is 4.06. The normalized spacial score (nSPS) is 18.9. The van der Waals surface area contributed by atoms with Gasteiger partial charge in [-0.05, 0) is 29.3 Å². The van der Waals surface area contributed by atoms with Crippen LogP contribution in [-0.4, -0.2) is 18.8 Å². The quantitative estimate of drug-likeness (QED) is 0.755. The van der Waals surface area contributed by atoms with Gasteiger partial charge in [-0.25, -0.2) is 0 Å². The molecular formula is C22H20O3. The Hall–Kier alpha value is -2.94. The highest BCUT2D eigenvalue weighted by Gasteiger charge is 2.33. The van der Waals surface area contributed by atoms with Gasteiger partial charge >= 0.3 is 0 Å². The number of ether oxygens (including phenoxy) is 2. The van der Waals surface area contributed by atoms with Crippen LogP contribution in [0.4, 0.5) is 0 Å². The van der Waals surface area contributed by atoms with Gasteiger partial charge in [-0.15, -0.1) is 0 Å². The fourth-order valence-corrected chi connectivity index (χ4v) is 3.60. The number of phenols is 1. The van der Waals surface area contributed by atoms with Crippen molar-refractivity contribution in [1.29, 1.82) is 0 Å². The first-order valence-corrected chi connectivity index (χ1v) is 8.41. The van der Waals surface area contributed by atoms with Gasteiger partial charge in [-0.2, -0.15) is 0 Å². The molecule has 0 saturated heterocycles. The van der Waals surface area contributed by atoms with Gasteiger partial charge in [0.25, 0.3) is 0 Å². The van der Waals surface area contributed by atoms with E-state index in [0.717, 1.165) is 17.1 Å². The van der Waals surface area contributed by atoms with Crippen molar-refractivity contribution in [1.82, 2.24) is 0 Å². The van der Waals surface area contributed by atoms with Crippen molar-refractivity contribution in [3.05, 3.63) is 89.5 Å². The average Bonchev–Trinajstić information content (AvgIpc) is 2.68. The topological polar surface area (TPSA) is 38.7 Å². The predicted octanol–water partition coefficient (Wildman–Crippen LogP) is 4.71. The minimum Gasteiger partial charge on any atom is -0.508 e. The lowest BCUT2D eigenvalue weighted by Crippen LogP contribution is -2.25. The van der Waals surface area contributed by atoms with Crippen LogP contribution in [0.5, 0.6) is 17.2 Å². The summed E-state index contributed by atoms with van der Waals surface area (Å²) in [6.45, 7) is 0.607. The van der Waals surface area contributed by atoms with Crippen LogP contribution in [0.1, 0.15) is 28.5 Å². The first kappa shape index (κ1) is 15.6. The van der Waals surface area contributed by atoms with E-state index in [2.05, 4.69) is 30.3 Å². The van der Waals surface area contributed by atoms with Crippen molar-refractivity contribution in [2.45, 2.75) is 11.8 Å². The van der Waals surface area contributed by atoms with E-state index in [9.17, 15) is 5.11 Å². The van der Waals surface area contributed by atoms with Gasteiger partial charge in [-0.3, -0.25) is 0 Å². The number of rotatable bonds is 3. The molecule has 0 unspecified atom stereocenters. The van der Waals surface area contributed by atoms with Crippen molar-refractivity contribution in [2.75, 3.05) is 13.7 Å². The molecule has 1 aliphatic rings. The Morgan fingerprint density at radius 2 is 1.68 bits per heavy atom. The van der Waals surface area contributed by atoms with Crippen LogP contribution >= 0.6 is 0 Å². The van der Waals surface area contributed by atoms with Gasteiger partial charge in [0.1, 0.15) is 17.2 Å². The molecule has 4 rings (SSSR count). The largest absolute Gasteiger partial charge is 0.508 e. The van der Waals surface area contributed by atoms with E-state index in [4.69, 9.17) is 9.47 Å². The Balaban J connectivity index is 1.84. The molecule has 1 N–H and O–H groups in total. The van der Waals surface area contributed by atoms with Gasteiger partial charge < -0.3 is 14.6 Å². The second-order valence-corrected chi connectivity index (χ2v) is 6.30. The molecule has 0 radical (unpaired) electrons. The van der Waals surface area contributed by atoms with Crippen LogP contribution in [-0.2, 0) is 0 Å². The molecule has 2 atom stereocenters. The average molecular weight is 332 g/mol. The van der Waals surface area contributed by atoms with E-state index in [1.807, 2.05) is 30.3 Å². The van der Waals surface area contributed by atoms with Crippen LogP contribution < -0.4 is 9.47 Å². The molecule has 126 valence electrons. The Morgan fingerprint density at radius 1 is 0.920 bits per heavy atom. The number of hydrogen-bond acceptors (Lipinski definition) is 3. The monoisotopic (exact) mass is 332 g/mol. The zero-order valence-corrected chi connectivity index (χ0v) is 14.1. The number of phenolic OH excluding ortho intramolecular Hbond substituents is 1. The maximum Gasteiger partial charge on any atom is 0.126 e. The number of hydrogen-bond donors (Lipinski definition) is 1. The second kappa shape index (κ2) is 6.52. The molecule has 0 aliphatic carbocycles. The van der Waals surface area contributed by atoms with Crippen molar-refractivity contribution < 1.29 is 14.6 Å². The third-order valence-electron chi connectivity index (χ3n) is 4.86. The lowest BCUT2D eigenvalue weighted by atomic mass is 9.76. The van der Waals surface area contributed by atoms with Gasteiger partial charge in [0.2, 0.25) is 0 Å². The van der Waals surface area contributed by atoms with Crippen molar-refractivity contribution >= 4 is 0 Å². The highest BCUT2D eigenvalue weighted by atomic mass is 16.5. The molecule has 3 heteroatoms. The molecule has 0 saturated carbocycles. The summed E-state index contributed by atoms with van der Waals surface area (Å²) in [5.74, 6) is 2.32. The number of aromatic hydroxyl groups is 1. The fraction of sp³-hybridized carbons (Fsp3) is 0.182. The smallest absolute Gasteiger partial charge is 0.126 e. The van der Waals surface area contributed by atoms with Gasteiger partial charge in [0.05, 0.1) is 13.7 Å². The molecule has 0 amide bonds. The first-order chi connectivity index (χ1) is 12.3. The summed E-state index contributed by atoms with van der Waals surface area (Å²) in [5.41, 5.74) is 3.56. The number of benzene rings is 3. The molecule has 1 aliphatic heterocycles. The van der Waals surface area contributed by atoms with Gasteiger partial charge in [0.15, 0.2) is 0 Å². The van der Waals surface area contributed by atoms with Crippen LogP contribution in [0.25, 0.3) is 0 Å². The third-order valence-corrected chi connectivity index (χ3v) is 4.86. The summed E-state index contributed by atoms with van der Waals surface area (Å²) in [4.78, 5) is 0. The highest BCUT2D eigenvalue weighted by Crippen LogP contribution is 2.47. The molecule has 3 aromatic carbocycles. The molecule has 0 spiro atoms. The van der Waals surface area contributed by atoms with Crippen LogP contribution in [0.2, 0.25) is 0 Å². The Labute approximate surface area is 147 Å². The zero-order valence-electron chi connectivity index (χ0n) is 14.1. The SMILES string of the molecule is COc1ccc2c(c1)OC[C@@H](c1ccccc1)[C@H]2c1ccc(O)cc1. The molecule has 1 heterocycles. The molecule has 3 aromatic rings. The van der Waals surface area contributed by atoms with E-state index in [1.54, 1.807) is 19.2 Å². The molecule has 0 aromatic heterocycles. The van der Waals surface area contributed by atoms with Gasteiger partial charge in [-0.1, -0.05) is 48.5 Å². The summed E-state index contributed by atoms with van der Waals surface area (Å²) < 4.78 is 11.4.